The van der Waals surface area contributed by atoms with Crippen LogP contribution in [-0.2, 0) is 4.79 Å². The molecule has 0 fully saturated rings. The van der Waals surface area contributed by atoms with Gasteiger partial charge in [0.05, 0.1) is 0 Å². The van der Waals surface area contributed by atoms with Gasteiger partial charge < -0.3 is 5.32 Å². The number of nitrogens with one attached hydrogen (secondary N) is 1. The fourth-order valence-corrected chi connectivity index (χ4v) is 3.34. The molecule has 1 amide bonds. The first-order chi connectivity index (χ1) is 12.7. The fourth-order valence-electron chi connectivity index (χ4n) is 3.34. The Balaban J connectivity index is 1.92. The standard InChI is InChI=1S/C24H19NO/c1-17(26)25-24-15-14-20(16-23(24)19-8-3-2-4-9-19)22-13-7-11-18-10-5-6-12-21(18)22/h2-16H,1H3,(H,25,26). The van der Waals surface area contributed by atoms with Gasteiger partial charge in [-0.2, -0.15) is 0 Å². The number of rotatable bonds is 3. The molecule has 126 valence electrons. The van der Waals surface area contributed by atoms with Crippen LogP contribution in [0, 0.1) is 0 Å². The zero-order valence-corrected chi connectivity index (χ0v) is 14.6. The molecule has 0 aliphatic rings. The Morgan fingerprint density at radius 2 is 1.42 bits per heavy atom. The van der Waals surface area contributed by atoms with Crippen LogP contribution in [0.5, 0.6) is 0 Å². The van der Waals surface area contributed by atoms with E-state index in [1.54, 1.807) is 0 Å². The van der Waals surface area contributed by atoms with Gasteiger partial charge in [0.25, 0.3) is 0 Å². The summed E-state index contributed by atoms with van der Waals surface area (Å²) in [6, 6.07) is 31.1. The summed E-state index contributed by atoms with van der Waals surface area (Å²) in [4.78, 5) is 11.6. The van der Waals surface area contributed by atoms with E-state index < -0.39 is 0 Å². The molecular weight excluding hydrogens is 318 g/mol. The second-order valence-electron chi connectivity index (χ2n) is 6.33. The molecule has 4 rings (SSSR count). The summed E-state index contributed by atoms with van der Waals surface area (Å²) in [6.45, 7) is 1.54. The highest BCUT2D eigenvalue weighted by molar-refractivity contribution is 5.99. The van der Waals surface area contributed by atoms with Crippen molar-refractivity contribution in [2.75, 3.05) is 5.32 Å². The number of hydrogen-bond acceptors (Lipinski definition) is 1. The van der Waals surface area contributed by atoms with Crippen LogP contribution >= 0.6 is 0 Å². The summed E-state index contributed by atoms with van der Waals surface area (Å²) in [6.07, 6.45) is 0. The van der Waals surface area contributed by atoms with Crippen molar-refractivity contribution < 1.29 is 4.79 Å². The molecule has 4 aromatic rings. The van der Waals surface area contributed by atoms with E-state index in [1.807, 2.05) is 24.3 Å². The molecule has 1 N–H and O–H groups in total. The van der Waals surface area contributed by atoms with E-state index in [1.165, 1.54) is 23.3 Å². The lowest BCUT2D eigenvalue weighted by Crippen LogP contribution is -2.07. The van der Waals surface area contributed by atoms with Gasteiger partial charge in [0.15, 0.2) is 0 Å². The number of anilines is 1. The molecule has 0 bridgehead atoms. The third-order valence-electron chi connectivity index (χ3n) is 4.52. The monoisotopic (exact) mass is 337 g/mol. The predicted molar refractivity (Wildman–Crippen MR) is 109 cm³/mol. The number of fused-ring (bicyclic) bond motifs is 1. The Bertz CT molecular complexity index is 1080. The molecule has 0 aromatic heterocycles. The maximum atomic E-state index is 11.6. The maximum Gasteiger partial charge on any atom is 0.221 e. The maximum absolute atomic E-state index is 11.6. The van der Waals surface area contributed by atoms with E-state index in [4.69, 9.17) is 0 Å². The quantitative estimate of drug-likeness (QED) is 0.478. The minimum atomic E-state index is -0.0694. The molecule has 0 aliphatic heterocycles. The molecule has 2 nitrogen and oxygen atoms in total. The van der Waals surface area contributed by atoms with Crippen LogP contribution in [0.25, 0.3) is 33.0 Å². The smallest absolute Gasteiger partial charge is 0.221 e. The van der Waals surface area contributed by atoms with Crippen LogP contribution in [0.4, 0.5) is 5.69 Å². The highest BCUT2D eigenvalue weighted by Gasteiger charge is 2.10. The Hall–Kier alpha value is -3.39. The minimum absolute atomic E-state index is 0.0694. The van der Waals surface area contributed by atoms with Crippen LogP contribution in [0.15, 0.2) is 91.0 Å². The van der Waals surface area contributed by atoms with Crippen LogP contribution < -0.4 is 5.32 Å². The third kappa shape index (κ3) is 3.09. The Morgan fingerprint density at radius 3 is 2.23 bits per heavy atom. The van der Waals surface area contributed by atoms with E-state index in [9.17, 15) is 4.79 Å². The Kier molecular flexibility index (Phi) is 4.24. The lowest BCUT2D eigenvalue weighted by molar-refractivity contribution is -0.114. The van der Waals surface area contributed by atoms with E-state index in [0.717, 1.165) is 22.4 Å². The van der Waals surface area contributed by atoms with Gasteiger partial charge in [-0.15, -0.1) is 0 Å². The van der Waals surface area contributed by atoms with E-state index in [0.29, 0.717) is 0 Å². The predicted octanol–water partition coefficient (Wildman–Crippen LogP) is 6.13. The van der Waals surface area contributed by atoms with Gasteiger partial charge in [-0.3, -0.25) is 4.79 Å². The van der Waals surface area contributed by atoms with E-state index in [-0.39, 0.29) is 5.91 Å². The lowest BCUT2D eigenvalue weighted by Gasteiger charge is -2.14. The first-order valence-electron chi connectivity index (χ1n) is 8.67. The molecule has 0 saturated carbocycles. The molecule has 2 heteroatoms. The largest absolute Gasteiger partial charge is 0.326 e. The van der Waals surface area contributed by atoms with Gasteiger partial charge in [0, 0.05) is 18.2 Å². The van der Waals surface area contributed by atoms with Gasteiger partial charge >= 0.3 is 0 Å². The van der Waals surface area contributed by atoms with Crippen molar-refractivity contribution in [1.29, 1.82) is 0 Å². The topological polar surface area (TPSA) is 29.1 Å². The average molecular weight is 337 g/mol. The molecule has 0 radical (unpaired) electrons. The Labute approximate surface area is 153 Å². The number of benzene rings is 4. The van der Waals surface area contributed by atoms with Crippen LogP contribution in [0.3, 0.4) is 0 Å². The fraction of sp³-hybridized carbons (Fsp3) is 0.0417. The first kappa shape index (κ1) is 16.1. The normalized spacial score (nSPS) is 10.7. The van der Waals surface area contributed by atoms with Gasteiger partial charge in [-0.1, -0.05) is 78.9 Å². The molecular formula is C24H19NO. The molecule has 0 spiro atoms. The van der Waals surface area contributed by atoms with Crippen LogP contribution in [0.1, 0.15) is 6.92 Å². The highest BCUT2D eigenvalue weighted by atomic mass is 16.1. The SMILES string of the molecule is CC(=O)Nc1ccc(-c2cccc3ccccc23)cc1-c1ccccc1. The van der Waals surface area contributed by atoms with Crippen LogP contribution in [0.2, 0.25) is 0 Å². The second-order valence-corrected chi connectivity index (χ2v) is 6.33. The van der Waals surface area contributed by atoms with Crippen molar-refractivity contribution >= 4 is 22.4 Å². The highest BCUT2D eigenvalue weighted by Crippen LogP contribution is 2.35. The van der Waals surface area contributed by atoms with Crippen molar-refractivity contribution in [3.05, 3.63) is 91.0 Å². The van der Waals surface area contributed by atoms with E-state index in [2.05, 4.69) is 72.0 Å². The summed E-state index contributed by atoms with van der Waals surface area (Å²) >= 11 is 0. The van der Waals surface area contributed by atoms with Crippen molar-refractivity contribution in [3.8, 4) is 22.3 Å². The van der Waals surface area contributed by atoms with Gasteiger partial charge in [-0.25, -0.2) is 0 Å². The molecule has 26 heavy (non-hydrogen) atoms. The summed E-state index contributed by atoms with van der Waals surface area (Å²) in [7, 11) is 0. The average Bonchev–Trinajstić information content (AvgIpc) is 2.68. The molecule has 0 aliphatic carbocycles. The van der Waals surface area contributed by atoms with Crippen molar-refractivity contribution in [1.82, 2.24) is 0 Å². The number of hydrogen-bond donors (Lipinski definition) is 1. The van der Waals surface area contributed by atoms with Gasteiger partial charge in [-0.05, 0) is 39.6 Å². The number of carbonyl (C=O) groups excluding carboxylic acids is 1. The zero-order chi connectivity index (χ0) is 17.9. The van der Waals surface area contributed by atoms with Gasteiger partial charge in [0.1, 0.15) is 0 Å². The van der Waals surface area contributed by atoms with Gasteiger partial charge in [0.2, 0.25) is 5.91 Å². The molecule has 0 unspecified atom stereocenters. The minimum Gasteiger partial charge on any atom is -0.326 e. The molecule has 0 saturated heterocycles. The molecule has 0 atom stereocenters. The van der Waals surface area contributed by atoms with Crippen LogP contribution in [-0.4, -0.2) is 5.91 Å². The number of amides is 1. The summed E-state index contributed by atoms with van der Waals surface area (Å²) in [5, 5.41) is 5.39. The zero-order valence-electron chi connectivity index (χ0n) is 14.6. The second kappa shape index (κ2) is 6.85. The third-order valence-corrected chi connectivity index (χ3v) is 4.52. The summed E-state index contributed by atoms with van der Waals surface area (Å²) < 4.78 is 0. The van der Waals surface area contributed by atoms with E-state index >= 15 is 0 Å². The first-order valence-corrected chi connectivity index (χ1v) is 8.67. The summed E-state index contributed by atoms with van der Waals surface area (Å²) in [5.74, 6) is -0.0694. The van der Waals surface area contributed by atoms with Crippen molar-refractivity contribution in [3.63, 3.8) is 0 Å². The lowest BCUT2D eigenvalue weighted by atomic mass is 9.94. The number of carbonyl (C=O) groups is 1. The summed E-state index contributed by atoms with van der Waals surface area (Å²) in [5.41, 5.74) is 5.25. The Morgan fingerprint density at radius 1 is 0.692 bits per heavy atom. The molecule has 0 heterocycles. The van der Waals surface area contributed by atoms with Crippen molar-refractivity contribution in [2.24, 2.45) is 0 Å². The molecule has 4 aromatic carbocycles. The van der Waals surface area contributed by atoms with Crippen molar-refractivity contribution in [2.45, 2.75) is 6.92 Å².